The van der Waals surface area contributed by atoms with Gasteiger partial charge in [0, 0.05) is 5.38 Å². The second-order valence-electron chi connectivity index (χ2n) is 5.35. The monoisotopic (exact) mass is 281 g/mol. The first-order valence-corrected chi connectivity index (χ1v) is 7.50. The average Bonchev–Trinajstić information content (AvgIpc) is 2.78. The number of carbonyl (C=O) groups excluding carboxylic acids is 1. The highest BCUT2D eigenvalue weighted by Gasteiger charge is 2.46. The summed E-state index contributed by atoms with van der Waals surface area (Å²) in [6.45, 7) is 3.77. The molecule has 2 rings (SSSR count). The van der Waals surface area contributed by atoms with Gasteiger partial charge in [-0.25, -0.2) is 4.79 Å². The van der Waals surface area contributed by atoms with Crippen molar-refractivity contribution in [2.24, 2.45) is 5.92 Å². The zero-order valence-corrected chi connectivity index (χ0v) is 12.0. The Labute approximate surface area is 116 Å². The number of aryl methyl sites for hydroxylation is 1. The van der Waals surface area contributed by atoms with E-state index >= 15 is 0 Å². The van der Waals surface area contributed by atoms with Crippen molar-refractivity contribution in [2.75, 3.05) is 0 Å². The fourth-order valence-electron chi connectivity index (χ4n) is 2.77. The molecule has 0 aliphatic heterocycles. The number of hydrogen-bond donors (Lipinski definition) is 2. The quantitative estimate of drug-likeness (QED) is 0.895. The third-order valence-electron chi connectivity index (χ3n) is 4.12. The van der Waals surface area contributed by atoms with Crippen LogP contribution in [0.2, 0.25) is 0 Å². The first-order valence-electron chi connectivity index (χ1n) is 6.56. The van der Waals surface area contributed by atoms with Crippen LogP contribution in [0.4, 0.5) is 0 Å². The molecule has 1 amide bonds. The molecule has 5 heteroatoms. The van der Waals surface area contributed by atoms with Crippen LogP contribution in [0.3, 0.4) is 0 Å². The van der Waals surface area contributed by atoms with Gasteiger partial charge in [-0.3, -0.25) is 4.79 Å². The fourth-order valence-corrected chi connectivity index (χ4v) is 3.60. The summed E-state index contributed by atoms with van der Waals surface area (Å²) in [4.78, 5) is 23.9. The molecule has 1 aliphatic carbocycles. The minimum absolute atomic E-state index is 0.0401. The number of carboxylic acids is 1. The van der Waals surface area contributed by atoms with Crippen LogP contribution < -0.4 is 5.32 Å². The van der Waals surface area contributed by atoms with E-state index in [1.165, 1.54) is 11.3 Å². The molecule has 1 fully saturated rings. The number of thiophene rings is 1. The lowest BCUT2D eigenvalue weighted by Crippen LogP contribution is -2.60. The Morgan fingerprint density at radius 1 is 1.42 bits per heavy atom. The summed E-state index contributed by atoms with van der Waals surface area (Å²) in [5.74, 6) is -1.22. The van der Waals surface area contributed by atoms with E-state index in [9.17, 15) is 14.7 Å². The third kappa shape index (κ3) is 2.52. The van der Waals surface area contributed by atoms with Crippen molar-refractivity contribution >= 4 is 23.2 Å². The predicted molar refractivity (Wildman–Crippen MR) is 74.5 cm³/mol. The number of amides is 1. The third-order valence-corrected chi connectivity index (χ3v) is 4.98. The molecule has 1 aliphatic rings. The molecule has 0 spiro atoms. The van der Waals surface area contributed by atoms with E-state index in [-0.39, 0.29) is 11.8 Å². The van der Waals surface area contributed by atoms with Crippen molar-refractivity contribution in [1.82, 2.24) is 5.32 Å². The number of nitrogens with one attached hydrogen (secondary N) is 1. The van der Waals surface area contributed by atoms with Crippen molar-refractivity contribution in [2.45, 2.75) is 45.1 Å². The van der Waals surface area contributed by atoms with Gasteiger partial charge in [0.15, 0.2) is 0 Å². The molecule has 0 bridgehead atoms. The lowest BCUT2D eigenvalue weighted by atomic mass is 9.73. The van der Waals surface area contributed by atoms with Gasteiger partial charge in [-0.05, 0) is 36.6 Å². The van der Waals surface area contributed by atoms with E-state index in [1.807, 2.05) is 19.2 Å². The van der Waals surface area contributed by atoms with Gasteiger partial charge in [0.25, 0.3) is 5.91 Å². The standard InChI is InChI=1S/C14H19NO3S/c1-9-7-19-8-11(9)12(16)15-14(13(17)18)6-4-3-5-10(14)2/h7-8,10H,3-6H2,1-2H3,(H,15,16)(H,17,18). The van der Waals surface area contributed by atoms with Crippen LogP contribution in [0.15, 0.2) is 10.8 Å². The molecule has 4 nitrogen and oxygen atoms in total. The molecule has 0 saturated heterocycles. The maximum absolute atomic E-state index is 12.3. The van der Waals surface area contributed by atoms with E-state index < -0.39 is 11.5 Å². The van der Waals surface area contributed by atoms with Crippen molar-refractivity contribution in [3.05, 3.63) is 21.9 Å². The van der Waals surface area contributed by atoms with E-state index in [1.54, 1.807) is 5.38 Å². The molecule has 19 heavy (non-hydrogen) atoms. The lowest BCUT2D eigenvalue weighted by molar-refractivity contribution is -0.148. The van der Waals surface area contributed by atoms with Crippen molar-refractivity contribution in [1.29, 1.82) is 0 Å². The van der Waals surface area contributed by atoms with Crippen LogP contribution in [-0.2, 0) is 4.79 Å². The van der Waals surface area contributed by atoms with Crippen LogP contribution in [-0.4, -0.2) is 22.5 Å². The second-order valence-corrected chi connectivity index (χ2v) is 6.09. The SMILES string of the molecule is Cc1cscc1C(=O)NC1(C(=O)O)CCCCC1C. The Morgan fingerprint density at radius 3 is 2.68 bits per heavy atom. The highest BCUT2D eigenvalue weighted by Crippen LogP contribution is 2.34. The first-order chi connectivity index (χ1) is 8.97. The van der Waals surface area contributed by atoms with Crippen molar-refractivity contribution in [3.63, 3.8) is 0 Å². The molecule has 0 aromatic carbocycles. The Morgan fingerprint density at radius 2 is 2.16 bits per heavy atom. The fraction of sp³-hybridized carbons (Fsp3) is 0.571. The minimum atomic E-state index is -1.11. The van der Waals surface area contributed by atoms with Gasteiger partial charge in [-0.1, -0.05) is 19.8 Å². The maximum atomic E-state index is 12.3. The summed E-state index contributed by atoms with van der Waals surface area (Å²) < 4.78 is 0. The Balaban J connectivity index is 2.24. The molecular formula is C14H19NO3S. The molecule has 1 aromatic heterocycles. The molecule has 104 valence electrons. The average molecular weight is 281 g/mol. The van der Waals surface area contributed by atoms with Crippen LogP contribution in [0.1, 0.15) is 48.5 Å². The molecule has 2 atom stereocenters. The minimum Gasteiger partial charge on any atom is -0.479 e. The molecule has 0 radical (unpaired) electrons. The Bertz CT molecular complexity index is 497. The molecular weight excluding hydrogens is 262 g/mol. The van der Waals surface area contributed by atoms with Gasteiger partial charge in [0.1, 0.15) is 5.54 Å². The Hall–Kier alpha value is -1.36. The molecule has 1 aromatic rings. The van der Waals surface area contributed by atoms with Gasteiger partial charge in [-0.2, -0.15) is 11.3 Å². The number of aliphatic carboxylic acids is 1. The lowest BCUT2D eigenvalue weighted by Gasteiger charge is -2.39. The first kappa shape index (κ1) is 14.1. The van der Waals surface area contributed by atoms with Crippen LogP contribution in [0, 0.1) is 12.8 Å². The van der Waals surface area contributed by atoms with E-state index in [2.05, 4.69) is 5.32 Å². The van der Waals surface area contributed by atoms with Gasteiger partial charge in [0.2, 0.25) is 0 Å². The van der Waals surface area contributed by atoms with Crippen molar-refractivity contribution in [3.8, 4) is 0 Å². The number of rotatable bonds is 3. The van der Waals surface area contributed by atoms with Gasteiger partial charge < -0.3 is 10.4 Å². The summed E-state index contributed by atoms with van der Waals surface area (Å²) in [7, 11) is 0. The second kappa shape index (κ2) is 5.33. The highest BCUT2D eigenvalue weighted by atomic mass is 32.1. The normalized spacial score (nSPS) is 26.9. The summed E-state index contributed by atoms with van der Waals surface area (Å²) in [5.41, 5.74) is 0.374. The zero-order valence-electron chi connectivity index (χ0n) is 11.2. The number of carboxylic acid groups (broad SMARTS) is 1. The maximum Gasteiger partial charge on any atom is 0.329 e. The summed E-state index contributed by atoms with van der Waals surface area (Å²) >= 11 is 1.46. The molecule has 1 heterocycles. The molecule has 2 N–H and O–H groups in total. The van der Waals surface area contributed by atoms with E-state index in [0.29, 0.717) is 12.0 Å². The number of carbonyl (C=O) groups is 2. The summed E-state index contributed by atoms with van der Waals surface area (Å²) in [6.07, 6.45) is 3.23. The highest BCUT2D eigenvalue weighted by molar-refractivity contribution is 7.08. The van der Waals surface area contributed by atoms with Gasteiger partial charge >= 0.3 is 5.97 Å². The van der Waals surface area contributed by atoms with Crippen molar-refractivity contribution < 1.29 is 14.7 Å². The van der Waals surface area contributed by atoms with Crippen LogP contribution in [0.25, 0.3) is 0 Å². The summed E-state index contributed by atoms with van der Waals surface area (Å²) in [5, 5.41) is 16.0. The largest absolute Gasteiger partial charge is 0.479 e. The summed E-state index contributed by atoms with van der Waals surface area (Å²) in [6, 6.07) is 0. The van der Waals surface area contributed by atoms with Gasteiger partial charge in [0.05, 0.1) is 5.56 Å². The smallest absolute Gasteiger partial charge is 0.329 e. The number of hydrogen-bond acceptors (Lipinski definition) is 3. The Kier molecular flexibility index (Phi) is 3.94. The molecule has 2 unspecified atom stereocenters. The van der Waals surface area contributed by atoms with Crippen LogP contribution in [0.5, 0.6) is 0 Å². The van der Waals surface area contributed by atoms with E-state index in [4.69, 9.17) is 0 Å². The van der Waals surface area contributed by atoms with Gasteiger partial charge in [-0.15, -0.1) is 0 Å². The zero-order chi connectivity index (χ0) is 14.0. The topological polar surface area (TPSA) is 66.4 Å². The van der Waals surface area contributed by atoms with E-state index in [0.717, 1.165) is 24.8 Å². The molecule has 1 saturated carbocycles. The van der Waals surface area contributed by atoms with Crippen LogP contribution >= 0.6 is 11.3 Å². The predicted octanol–water partition coefficient (Wildman–Crippen LogP) is 2.82.